The summed E-state index contributed by atoms with van der Waals surface area (Å²) in [7, 11) is 2.15. The zero-order chi connectivity index (χ0) is 18.4. The Balaban J connectivity index is 1.54. The molecule has 2 aliphatic heterocycles. The molecule has 3 aromatic rings. The fraction of sp³-hybridized carbons (Fsp3) is 0.381. The van der Waals surface area contributed by atoms with Crippen LogP contribution in [0, 0.1) is 11.8 Å². The third-order valence-electron chi connectivity index (χ3n) is 6.26. The normalized spacial score (nSPS) is 30.7. The number of fused-ring (bicyclic) bond motifs is 1. The summed E-state index contributed by atoms with van der Waals surface area (Å²) in [4.78, 5) is 2.36. The molecular formula is C21H24N4O2. The Bertz CT molecular complexity index is 907. The number of likely N-dealkylation sites (tertiary alicyclic amines) is 1. The molecule has 0 bridgehead atoms. The largest absolute Gasteiger partial charge is 0.458 e. The predicted octanol–water partition coefficient (Wildman–Crippen LogP) is 2.38. The Hall–Kier alpha value is -2.41. The van der Waals surface area contributed by atoms with Gasteiger partial charge in [-0.25, -0.2) is 0 Å². The fourth-order valence-electron chi connectivity index (χ4n) is 5.01. The van der Waals surface area contributed by atoms with Gasteiger partial charge in [-0.05, 0) is 30.8 Å². The molecule has 140 valence electrons. The number of hydrogen-bond acceptors (Lipinski definition) is 5. The molecule has 0 unspecified atom stereocenters. The summed E-state index contributed by atoms with van der Waals surface area (Å²) in [6, 6.07) is 16.3. The van der Waals surface area contributed by atoms with Gasteiger partial charge in [0, 0.05) is 31.1 Å². The third kappa shape index (κ3) is 2.56. The number of benzene rings is 1. The molecule has 4 atom stereocenters. The van der Waals surface area contributed by atoms with E-state index in [9.17, 15) is 5.11 Å². The second-order valence-electron chi connectivity index (χ2n) is 7.78. The lowest BCUT2D eigenvalue weighted by Gasteiger charge is -2.34. The van der Waals surface area contributed by atoms with Gasteiger partial charge in [0.15, 0.2) is 5.76 Å². The number of nitrogens with zero attached hydrogens (tertiary/aromatic N) is 2. The van der Waals surface area contributed by atoms with E-state index in [4.69, 9.17) is 4.42 Å². The lowest BCUT2D eigenvalue weighted by Crippen LogP contribution is -2.47. The zero-order valence-corrected chi connectivity index (χ0v) is 15.3. The number of hydrogen-bond donors (Lipinski definition) is 3. The van der Waals surface area contributed by atoms with Crippen LogP contribution in [0.1, 0.15) is 17.4 Å². The molecule has 6 nitrogen and oxygen atoms in total. The van der Waals surface area contributed by atoms with E-state index >= 15 is 0 Å². The van der Waals surface area contributed by atoms with Crippen LogP contribution in [0.2, 0.25) is 0 Å². The molecule has 6 heteroatoms. The van der Waals surface area contributed by atoms with Gasteiger partial charge in [0.05, 0.1) is 18.2 Å². The second kappa shape index (κ2) is 6.34. The van der Waals surface area contributed by atoms with E-state index in [0.717, 1.165) is 35.9 Å². The van der Waals surface area contributed by atoms with Gasteiger partial charge in [-0.15, -0.1) is 0 Å². The Morgan fingerprint density at radius 1 is 1.19 bits per heavy atom. The zero-order valence-electron chi connectivity index (χ0n) is 15.3. The average Bonchev–Trinajstić information content (AvgIpc) is 3.46. The van der Waals surface area contributed by atoms with Gasteiger partial charge in [0.2, 0.25) is 0 Å². The molecule has 4 heterocycles. The molecule has 1 aromatic carbocycles. The molecular weight excluding hydrogens is 340 g/mol. The van der Waals surface area contributed by atoms with Crippen LogP contribution in [0.3, 0.4) is 0 Å². The van der Waals surface area contributed by atoms with Crippen molar-refractivity contribution in [2.24, 2.45) is 11.8 Å². The van der Waals surface area contributed by atoms with E-state index in [1.165, 1.54) is 0 Å². The van der Waals surface area contributed by atoms with Crippen LogP contribution in [-0.2, 0) is 5.54 Å². The van der Waals surface area contributed by atoms with Gasteiger partial charge in [0.25, 0.3) is 0 Å². The van der Waals surface area contributed by atoms with Crippen molar-refractivity contribution in [1.82, 2.24) is 20.4 Å². The van der Waals surface area contributed by atoms with Crippen molar-refractivity contribution in [2.75, 3.05) is 26.7 Å². The summed E-state index contributed by atoms with van der Waals surface area (Å²) in [5.41, 5.74) is 1.55. The minimum Gasteiger partial charge on any atom is -0.458 e. The average molecular weight is 364 g/mol. The molecule has 27 heavy (non-hydrogen) atoms. The maximum atomic E-state index is 10.5. The molecule has 0 amide bonds. The highest BCUT2D eigenvalue weighted by Crippen LogP contribution is 2.51. The number of rotatable bonds is 4. The Morgan fingerprint density at radius 3 is 2.78 bits per heavy atom. The summed E-state index contributed by atoms with van der Waals surface area (Å²) < 4.78 is 6.20. The molecule has 2 fully saturated rings. The first-order valence-electron chi connectivity index (χ1n) is 9.43. The summed E-state index contributed by atoms with van der Waals surface area (Å²) in [5, 5.41) is 21.2. The highest BCUT2D eigenvalue weighted by molar-refractivity contribution is 5.51. The molecule has 2 saturated heterocycles. The van der Waals surface area contributed by atoms with E-state index in [1.807, 2.05) is 36.4 Å². The second-order valence-corrected chi connectivity index (χ2v) is 7.78. The van der Waals surface area contributed by atoms with Crippen LogP contribution < -0.4 is 5.32 Å². The fourth-order valence-corrected chi connectivity index (χ4v) is 5.01. The van der Waals surface area contributed by atoms with Crippen LogP contribution in [0.4, 0.5) is 0 Å². The van der Waals surface area contributed by atoms with E-state index in [-0.39, 0.29) is 12.6 Å². The number of aromatic nitrogens is 2. The van der Waals surface area contributed by atoms with E-state index < -0.39 is 5.54 Å². The van der Waals surface area contributed by atoms with Crippen molar-refractivity contribution >= 4 is 0 Å². The van der Waals surface area contributed by atoms with Gasteiger partial charge in [-0.2, -0.15) is 5.10 Å². The molecule has 0 saturated carbocycles. The van der Waals surface area contributed by atoms with Gasteiger partial charge in [-0.1, -0.05) is 30.3 Å². The van der Waals surface area contributed by atoms with Crippen molar-refractivity contribution < 1.29 is 9.52 Å². The van der Waals surface area contributed by atoms with Crippen molar-refractivity contribution in [3.63, 3.8) is 0 Å². The molecule has 5 rings (SSSR count). The summed E-state index contributed by atoms with van der Waals surface area (Å²) in [6.45, 7) is 2.01. The first-order valence-corrected chi connectivity index (χ1v) is 9.43. The Kier molecular flexibility index (Phi) is 3.93. The van der Waals surface area contributed by atoms with Crippen LogP contribution in [0.25, 0.3) is 11.5 Å². The lowest BCUT2D eigenvalue weighted by molar-refractivity contribution is 0.128. The van der Waals surface area contributed by atoms with E-state index in [1.54, 1.807) is 6.20 Å². The van der Waals surface area contributed by atoms with Gasteiger partial charge < -0.3 is 14.4 Å². The van der Waals surface area contributed by atoms with Crippen LogP contribution >= 0.6 is 0 Å². The summed E-state index contributed by atoms with van der Waals surface area (Å²) >= 11 is 0. The van der Waals surface area contributed by atoms with Crippen molar-refractivity contribution in [1.29, 1.82) is 0 Å². The number of aliphatic hydroxyl groups excluding tert-OH is 1. The number of H-pyrrole nitrogens is 1. The minimum absolute atomic E-state index is 0.0592. The molecule has 0 aliphatic carbocycles. The van der Waals surface area contributed by atoms with E-state index in [2.05, 4.69) is 39.6 Å². The van der Waals surface area contributed by atoms with Crippen LogP contribution in [0.5, 0.6) is 0 Å². The lowest BCUT2D eigenvalue weighted by atomic mass is 9.77. The number of nitrogens with one attached hydrogen (secondary N) is 2. The van der Waals surface area contributed by atoms with E-state index in [0.29, 0.717) is 11.8 Å². The maximum Gasteiger partial charge on any atom is 0.152 e. The van der Waals surface area contributed by atoms with Gasteiger partial charge in [0.1, 0.15) is 11.5 Å². The number of furan rings is 1. The SMILES string of the molecule is CN1C[C@H]2[C@@H](c3ccc(-c4ccn[nH]4)o3)N[C@](CO)(c3ccccc3)[C@H]2C1. The smallest absolute Gasteiger partial charge is 0.152 e. The molecule has 0 spiro atoms. The predicted molar refractivity (Wildman–Crippen MR) is 102 cm³/mol. The molecule has 2 aliphatic rings. The van der Waals surface area contributed by atoms with Gasteiger partial charge in [-0.3, -0.25) is 10.4 Å². The first kappa shape index (κ1) is 16.7. The van der Waals surface area contributed by atoms with Crippen molar-refractivity contribution in [2.45, 2.75) is 11.6 Å². The monoisotopic (exact) mass is 364 g/mol. The summed E-state index contributed by atoms with van der Waals surface area (Å²) in [5.74, 6) is 2.40. The molecule has 3 N–H and O–H groups in total. The Morgan fingerprint density at radius 2 is 2.04 bits per heavy atom. The standard InChI is InChI=1S/C21H24N4O2/c1-25-11-15-16(12-25)21(13-26,14-5-3-2-4-6-14)23-20(15)19-8-7-18(27-19)17-9-10-22-24-17/h2-10,15-16,20,23,26H,11-13H2,1H3,(H,22,24)/t15-,16+,20+,21-/m1/s1. The van der Waals surface area contributed by atoms with Crippen molar-refractivity contribution in [3.05, 3.63) is 66.1 Å². The van der Waals surface area contributed by atoms with Crippen LogP contribution in [0.15, 0.2) is 59.1 Å². The highest BCUT2D eigenvalue weighted by atomic mass is 16.3. The molecule has 0 radical (unpaired) electrons. The summed E-state index contributed by atoms with van der Waals surface area (Å²) in [6.07, 6.45) is 1.72. The van der Waals surface area contributed by atoms with Crippen molar-refractivity contribution in [3.8, 4) is 11.5 Å². The number of aliphatic hydroxyl groups is 1. The highest BCUT2D eigenvalue weighted by Gasteiger charge is 2.57. The topological polar surface area (TPSA) is 77.3 Å². The Labute approximate surface area is 158 Å². The minimum atomic E-state index is -0.456. The quantitative estimate of drug-likeness (QED) is 0.663. The third-order valence-corrected chi connectivity index (χ3v) is 6.26. The van der Waals surface area contributed by atoms with Crippen LogP contribution in [-0.4, -0.2) is 46.9 Å². The first-order chi connectivity index (χ1) is 13.2. The van der Waals surface area contributed by atoms with Gasteiger partial charge >= 0.3 is 0 Å². The molecule has 2 aromatic heterocycles. The maximum absolute atomic E-state index is 10.5. The number of aromatic amines is 1.